The van der Waals surface area contributed by atoms with Gasteiger partial charge in [-0.05, 0) is 27.7 Å². The van der Waals surface area contributed by atoms with E-state index in [9.17, 15) is 18.4 Å². The van der Waals surface area contributed by atoms with Gasteiger partial charge in [0.25, 0.3) is 5.92 Å². The third-order valence-corrected chi connectivity index (χ3v) is 1.76. The highest BCUT2D eigenvalue weighted by molar-refractivity contribution is 5.73. The van der Waals surface area contributed by atoms with Crippen LogP contribution in [0.1, 0.15) is 34.6 Å². The molecule has 4 nitrogen and oxygen atoms in total. The largest absolute Gasteiger partial charge is 0.444 e. The maximum atomic E-state index is 12.9. The van der Waals surface area contributed by atoms with Crippen molar-refractivity contribution in [2.45, 2.75) is 52.2 Å². The summed E-state index contributed by atoms with van der Waals surface area (Å²) >= 11 is 0. The van der Waals surface area contributed by atoms with E-state index >= 15 is 0 Å². The minimum atomic E-state index is -3.08. The first kappa shape index (κ1) is 15.8. The normalized spacial score (nSPS) is 14.1. The Morgan fingerprint density at radius 1 is 1.35 bits per heavy atom. The molecule has 17 heavy (non-hydrogen) atoms. The van der Waals surface area contributed by atoms with E-state index in [2.05, 4.69) is 0 Å². The monoisotopic (exact) mass is 251 g/mol. The fraction of sp³-hybridized carbons (Fsp3) is 0.818. The van der Waals surface area contributed by atoms with E-state index in [1.165, 1.54) is 6.92 Å². The molecule has 6 heteroatoms. The summed E-state index contributed by atoms with van der Waals surface area (Å²) in [5.74, 6) is -3.08. The van der Waals surface area contributed by atoms with Crippen LogP contribution < -0.4 is 0 Å². The lowest BCUT2D eigenvalue weighted by atomic mass is 10.2. The summed E-state index contributed by atoms with van der Waals surface area (Å²) in [6.45, 7) is 6.07. The summed E-state index contributed by atoms with van der Waals surface area (Å²) in [5, 5.41) is 0. The summed E-state index contributed by atoms with van der Waals surface area (Å²) in [6.07, 6.45) is -0.492. The smallest absolute Gasteiger partial charge is 0.411 e. The minimum Gasteiger partial charge on any atom is -0.444 e. The van der Waals surface area contributed by atoms with Crippen LogP contribution in [0, 0.1) is 0 Å². The first-order valence-corrected chi connectivity index (χ1v) is 5.29. The number of aldehydes is 1. The maximum Gasteiger partial charge on any atom is 0.411 e. The van der Waals surface area contributed by atoms with Crippen molar-refractivity contribution in [2.75, 3.05) is 6.54 Å². The molecule has 0 radical (unpaired) electrons. The predicted molar refractivity (Wildman–Crippen MR) is 59.1 cm³/mol. The van der Waals surface area contributed by atoms with Gasteiger partial charge in [-0.3, -0.25) is 4.90 Å². The number of alkyl halides is 2. The molecule has 100 valence electrons. The average molecular weight is 251 g/mol. The molecule has 0 bridgehead atoms. The molecular formula is C11H19F2NO3. The Morgan fingerprint density at radius 3 is 2.12 bits per heavy atom. The van der Waals surface area contributed by atoms with Gasteiger partial charge < -0.3 is 9.53 Å². The standard InChI is InChI=1S/C11H19F2NO3/c1-8(6-15)14(7-11(5,12)13)9(16)17-10(2,3)4/h6,8H,7H2,1-5H3. The zero-order chi connectivity index (χ0) is 13.9. The molecule has 0 heterocycles. The number of carbonyl (C=O) groups excluding carboxylic acids is 2. The second kappa shape index (κ2) is 5.42. The van der Waals surface area contributed by atoms with Crippen LogP contribution in [0.3, 0.4) is 0 Å². The van der Waals surface area contributed by atoms with Crippen LogP contribution in [0.4, 0.5) is 13.6 Å². The van der Waals surface area contributed by atoms with Crippen molar-refractivity contribution in [3.05, 3.63) is 0 Å². The molecule has 0 aliphatic heterocycles. The van der Waals surface area contributed by atoms with Crippen LogP contribution in [0.2, 0.25) is 0 Å². The van der Waals surface area contributed by atoms with Gasteiger partial charge in [-0.25, -0.2) is 13.6 Å². The van der Waals surface area contributed by atoms with E-state index < -0.39 is 30.2 Å². The molecule has 0 aliphatic rings. The maximum absolute atomic E-state index is 12.9. The topological polar surface area (TPSA) is 46.6 Å². The summed E-state index contributed by atoms with van der Waals surface area (Å²) in [4.78, 5) is 23.0. The lowest BCUT2D eigenvalue weighted by molar-refractivity contribution is -0.113. The Balaban J connectivity index is 4.81. The van der Waals surface area contributed by atoms with Gasteiger partial charge in [-0.1, -0.05) is 0 Å². The Morgan fingerprint density at radius 2 is 1.82 bits per heavy atom. The van der Waals surface area contributed by atoms with E-state index in [4.69, 9.17) is 4.74 Å². The first-order chi connectivity index (χ1) is 7.46. The highest BCUT2D eigenvalue weighted by Gasteiger charge is 2.33. The van der Waals surface area contributed by atoms with Gasteiger partial charge in [0.15, 0.2) is 0 Å². The van der Waals surface area contributed by atoms with Crippen molar-refractivity contribution in [2.24, 2.45) is 0 Å². The van der Waals surface area contributed by atoms with Gasteiger partial charge >= 0.3 is 6.09 Å². The minimum absolute atomic E-state index is 0.426. The molecule has 0 aromatic heterocycles. The second-order valence-electron chi connectivity index (χ2n) is 5.06. The van der Waals surface area contributed by atoms with Gasteiger partial charge in [-0.15, -0.1) is 0 Å². The lowest BCUT2D eigenvalue weighted by Crippen LogP contribution is -2.47. The molecule has 0 aromatic rings. The molecule has 0 fully saturated rings. The second-order valence-corrected chi connectivity index (χ2v) is 5.06. The number of nitrogens with zero attached hydrogens (tertiary/aromatic N) is 1. The number of ether oxygens (including phenoxy) is 1. The zero-order valence-electron chi connectivity index (χ0n) is 10.8. The van der Waals surface area contributed by atoms with Crippen molar-refractivity contribution >= 4 is 12.4 Å². The van der Waals surface area contributed by atoms with Gasteiger partial charge in [0.2, 0.25) is 0 Å². The molecule has 1 unspecified atom stereocenters. The molecule has 0 aromatic carbocycles. The third-order valence-electron chi connectivity index (χ3n) is 1.76. The molecule has 1 amide bonds. The number of hydrogen-bond acceptors (Lipinski definition) is 3. The average Bonchev–Trinajstić information content (AvgIpc) is 2.08. The molecular weight excluding hydrogens is 232 g/mol. The van der Waals surface area contributed by atoms with Crippen molar-refractivity contribution < 1.29 is 23.1 Å². The highest BCUT2D eigenvalue weighted by Crippen LogP contribution is 2.18. The van der Waals surface area contributed by atoms with Gasteiger partial charge in [0.1, 0.15) is 11.9 Å². The fourth-order valence-corrected chi connectivity index (χ4v) is 1.07. The molecule has 1 atom stereocenters. The Labute approximate surface area is 99.9 Å². The number of rotatable bonds is 4. The van der Waals surface area contributed by atoms with E-state index in [1.807, 2.05) is 0 Å². The quantitative estimate of drug-likeness (QED) is 0.721. The first-order valence-electron chi connectivity index (χ1n) is 5.29. The fourth-order valence-electron chi connectivity index (χ4n) is 1.07. The van der Waals surface area contributed by atoms with E-state index in [-0.39, 0.29) is 0 Å². The third kappa shape index (κ3) is 6.86. The SMILES string of the molecule is CC(C=O)N(CC(C)(F)F)C(=O)OC(C)(C)C. The van der Waals surface area contributed by atoms with Crippen molar-refractivity contribution in [1.29, 1.82) is 0 Å². The summed E-state index contributed by atoms with van der Waals surface area (Å²) in [6, 6.07) is -0.948. The highest BCUT2D eigenvalue weighted by atomic mass is 19.3. The molecule has 0 spiro atoms. The van der Waals surface area contributed by atoms with Crippen LogP contribution in [-0.4, -0.2) is 41.4 Å². The van der Waals surface area contributed by atoms with Crippen LogP contribution in [0.5, 0.6) is 0 Å². The number of hydrogen-bond donors (Lipinski definition) is 0. The molecule has 0 N–H and O–H groups in total. The van der Waals surface area contributed by atoms with Crippen LogP contribution in [0.15, 0.2) is 0 Å². The molecule has 0 rings (SSSR count). The Kier molecular flexibility index (Phi) is 5.04. The predicted octanol–water partition coefficient (Wildman–Crippen LogP) is 2.47. The molecule has 0 saturated carbocycles. The van der Waals surface area contributed by atoms with Crippen LogP contribution in [-0.2, 0) is 9.53 Å². The molecule has 0 saturated heterocycles. The molecule has 0 aliphatic carbocycles. The lowest BCUT2D eigenvalue weighted by Gasteiger charge is -2.31. The Bertz CT molecular complexity index is 281. The number of amides is 1. The van der Waals surface area contributed by atoms with E-state index in [0.717, 1.165) is 4.90 Å². The number of carbonyl (C=O) groups is 2. The summed E-state index contributed by atoms with van der Waals surface area (Å²) in [7, 11) is 0. The van der Waals surface area contributed by atoms with Crippen LogP contribution >= 0.6 is 0 Å². The van der Waals surface area contributed by atoms with Crippen molar-refractivity contribution in [3.8, 4) is 0 Å². The Hall–Kier alpha value is -1.20. The number of halogens is 2. The van der Waals surface area contributed by atoms with Gasteiger partial charge in [-0.2, -0.15) is 0 Å². The van der Waals surface area contributed by atoms with E-state index in [1.54, 1.807) is 20.8 Å². The van der Waals surface area contributed by atoms with Gasteiger partial charge in [0.05, 0.1) is 12.6 Å². The van der Waals surface area contributed by atoms with Crippen molar-refractivity contribution in [1.82, 2.24) is 4.90 Å². The summed E-state index contributed by atoms with van der Waals surface area (Å²) < 4.78 is 30.8. The summed E-state index contributed by atoms with van der Waals surface area (Å²) in [5.41, 5.74) is -0.791. The van der Waals surface area contributed by atoms with Crippen molar-refractivity contribution in [3.63, 3.8) is 0 Å². The zero-order valence-corrected chi connectivity index (χ0v) is 10.8. The van der Waals surface area contributed by atoms with E-state index in [0.29, 0.717) is 13.2 Å². The van der Waals surface area contributed by atoms with Crippen LogP contribution in [0.25, 0.3) is 0 Å². The van der Waals surface area contributed by atoms with Gasteiger partial charge in [0, 0.05) is 6.92 Å².